The molecule has 1 heterocycles. The highest BCUT2D eigenvalue weighted by atomic mass is 16.6. The number of carbonyl (C=O) groups is 2. The molecule has 0 spiro atoms. The van der Waals surface area contributed by atoms with E-state index in [1.165, 1.54) is 0 Å². The summed E-state index contributed by atoms with van der Waals surface area (Å²) in [5.74, 6) is -0.334. The fraction of sp³-hybridized carbons (Fsp3) is 0.333. The summed E-state index contributed by atoms with van der Waals surface area (Å²) in [7, 11) is 0. The highest BCUT2D eigenvalue weighted by Crippen LogP contribution is 2.44. The average molecular weight is 202 g/mol. The Morgan fingerprint density at radius 3 is 2.87 bits per heavy atom. The monoisotopic (exact) mass is 202 g/mol. The van der Waals surface area contributed by atoms with E-state index in [1.54, 1.807) is 6.07 Å². The molecule has 2 bridgehead atoms. The molecule has 1 aliphatic heterocycles. The molecule has 0 saturated carbocycles. The van der Waals surface area contributed by atoms with Crippen LogP contribution in [0.2, 0.25) is 0 Å². The van der Waals surface area contributed by atoms with Gasteiger partial charge in [0.05, 0.1) is 5.41 Å². The standard InChI is InChI=1S/C12H10O3/c1-12-6-9(15-11(12)14)10(13)7-4-2-3-5-8(7)12/h2-5,9H,6H2,1H3. The third-order valence-electron chi connectivity index (χ3n) is 3.37. The molecule has 0 amide bonds. The van der Waals surface area contributed by atoms with Crippen molar-refractivity contribution >= 4 is 11.8 Å². The Kier molecular flexibility index (Phi) is 1.43. The Morgan fingerprint density at radius 1 is 1.33 bits per heavy atom. The zero-order valence-electron chi connectivity index (χ0n) is 8.32. The molecule has 1 saturated heterocycles. The summed E-state index contributed by atoms with van der Waals surface area (Å²) in [5, 5.41) is 0. The van der Waals surface area contributed by atoms with Crippen LogP contribution in [0.3, 0.4) is 0 Å². The average Bonchev–Trinajstić information content (AvgIpc) is 2.52. The second-order valence-electron chi connectivity index (χ2n) is 4.34. The van der Waals surface area contributed by atoms with Crippen molar-refractivity contribution < 1.29 is 14.3 Å². The first-order valence-electron chi connectivity index (χ1n) is 4.98. The number of carbonyl (C=O) groups excluding carboxylic acids is 2. The van der Waals surface area contributed by atoms with Gasteiger partial charge in [-0.2, -0.15) is 0 Å². The van der Waals surface area contributed by atoms with Crippen LogP contribution in [-0.4, -0.2) is 17.9 Å². The van der Waals surface area contributed by atoms with Crippen molar-refractivity contribution in [2.75, 3.05) is 0 Å². The third-order valence-corrected chi connectivity index (χ3v) is 3.37. The second-order valence-corrected chi connectivity index (χ2v) is 4.34. The van der Waals surface area contributed by atoms with Crippen LogP contribution in [0, 0.1) is 0 Å². The van der Waals surface area contributed by atoms with Crippen molar-refractivity contribution in [2.45, 2.75) is 24.9 Å². The smallest absolute Gasteiger partial charge is 0.317 e. The first-order chi connectivity index (χ1) is 7.13. The van der Waals surface area contributed by atoms with Gasteiger partial charge in [0.1, 0.15) is 0 Å². The topological polar surface area (TPSA) is 43.4 Å². The summed E-state index contributed by atoms with van der Waals surface area (Å²) in [6, 6.07) is 7.28. The van der Waals surface area contributed by atoms with Crippen LogP contribution >= 0.6 is 0 Å². The molecule has 2 aliphatic rings. The molecular weight excluding hydrogens is 192 g/mol. The van der Waals surface area contributed by atoms with E-state index in [9.17, 15) is 9.59 Å². The van der Waals surface area contributed by atoms with Gasteiger partial charge in [0.2, 0.25) is 5.78 Å². The van der Waals surface area contributed by atoms with Gasteiger partial charge in [-0.15, -0.1) is 0 Å². The number of Topliss-reactive ketones (excluding diaryl/α,β-unsaturated/α-hetero) is 1. The van der Waals surface area contributed by atoms with Crippen LogP contribution in [0.4, 0.5) is 0 Å². The van der Waals surface area contributed by atoms with Crippen molar-refractivity contribution in [2.24, 2.45) is 0 Å². The molecular formula is C12H10O3. The first kappa shape index (κ1) is 8.65. The van der Waals surface area contributed by atoms with Crippen molar-refractivity contribution in [3.8, 4) is 0 Å². The summed E-state index contributed by atoms with van der Waals surface area (Å²) in [4.78, 5) is 23.6. The first-order valence-corrected chi connectivity index (χ1v) is 4.98. The number of hydrogen-bond acceptors (Lipinski definition) is 3. The van der Waals surface area contributed by atoms with E-state index in [2.05, 4.69) is 0 Å². The van der Waals surface area contributed by atoms with E-state index in [-0.39, 0.29) is 11.8 Å². The van der Waals surface area contributed by atoms with Gasteiger partial charge < -0.3 is 4.74 Å². The molecule has 3 rings (SSSR count). The lowest BCUT2D eigenvalue weighted by Gasteiger charge is -2.25. The number of ether oxygens (including phenoxy) is 1. The lowest BCUT2D eigenvalue weighted by molar-refractivity contribution is -0.143. The molecule has 3 nitrogen and oxygen atoms in total. The van der Waals surface area contributed by atoms with Crippen molar-refractivity contribution in [1.29, 1.82) is 0 Å². The summed E-state index contributed by atoms with van der Waals surface area (Å²) in [6.45, 7) is 1.85. The van der Waals surface area contributed by atoms with Gasteiger partial charge in [-0.1, -0.05) is 24.3 Å². The predicted molar refractivity (Wildman–Crippen MR) is 52.6 cm³/mol. The Labute approximate surface area is 87.0 Å². The Balaban J connectivity index is 2.32. The summed E-state index contributed by atoms with van der Waals surface area (Å²) < 4.78 is 5.09. The molecule has 1 fully saturated rings. The fourth-order valence-corrected chi connectivity index (χ4v) is 2.47. The van der Waals surface area contributed by atoms with Gasteiger partial charge in [0, 0.05) is 12.0 Å². The molecule has 76 valence electrons. The van der Waals surface area contributed by atoms with Gasteiger partial charge in [-0.05, 0) is 12.5 Å². The number of fused-ring (bicyclic) bond motifs is 4. The minimum absolute atomic E-state index is 0.0612. The van der Waals surface area contributed by atoms with Crippen molar-refractivity contribution in [3.63, 3.8) is 0 Å². The van der Waals surface area contributed by atoms with Crippen molar-refractivity contribution in [1.82, 2.24) is 0 Å². The van der Waals surface area contributed by atoms with Crippen LogP contribution in [0.25, 0.3) is 0 Å². The normalized spacial score (nSPS) is 32.5. The minimum atomic E-state index is -0.616. The number of hydrogen-bond donors (Lipinski definition) is 0. The van der Waals surface area contributed by atoms with E-state index >= 15 is 0 Å². The van der Waals surface area contributed by atoms with Gasteiger partial charge in [-0.3, -0.25) is 9.59 Å². The maximum absolute atomic E-state index is 11.9. The van der Waals surface area contributed by atoms with Gasteiger partial charge in [-0.25, -0.2) is 0 Å². The molecule has 1 aromatic rings. The SMILES string of the molecule is CC12CC(OC1=O)C(=O)c1ccccc12. The molecule has 1 aromatic carbocycles. The maximum Gasteiger partial charge on any atom is 0.317 e. The van der Waals surface area contributed by atoms with Crippen LogP contribution in [0.1, 0.15) is 29.3 Å². The predicted octanol–water partition coefficient (Wildman–Crippen LogP) is 1.46. The van der Waals surface area contributed by atoms with Gasteiger partial charge in [0.25, 0.3) is 0 Å². The summed E-state index contributed by atoms with van der Waals surface area (Å²) >= 11 is 0. The van der Waals surface area contributed by atoms with Crippen LogP contribution < -0.4 is 0 Å². The number of benzene rings is 1. The van der Waals surface area contributed by atoms with E-state index in [0.717, 1.165) is 5.56 Å². The highest BCUT2D eigenvalue weighted by molar-refractivity contribution is 6.08. The fourth-order valence-electron chi connectivity index (χ4n) is 2.47. The number of ketones is 1. The Morgan fingerprint density at radius 2 is 2.07 bits per heavy atom. The maximum atomic E-state index is 11.9. The molecule has 15 heavy (non-hydrogen) atoms. The Hall–Kier alpha value is -1.64. The largest absolute Gasteiger partial charge is 0.453 e. The molecule has 2 atom stereocenters. The minimum Gasteiger partial charge on any atom is -0.453 e. The number of rotatable bonds is 0. The molecule has 0 aromatic heterocycles. The van der Waals surface area contributed by atoms with E-state index in [1.807, 2.05) is 25.1 Å². The van der Waals surface area contributed by atoms with E-state index in [0.29, 0.717) is 12.0 Å². The van der Waals surface area contributed by atoms with Crippen LogP contribution in [-0.2, 0) is 14.9 Å². The zero-order valence-corrected chi connectivity index (χ0v) is 8.32. The number of esters is 1. The second kappa shape index (κ2) is 2.48. The van der Waals surface area contributed by atoms with Gasteiger partial charge >= 0.3 is 5.97 Å². The van der Waals surface area contributed by atoms with E-state index < -0.39 is 11.5 Å². The molecule has 0 N–H and O–H groups in total. The zero-order chi connectivity index (χ0) is 10.6. The van der Waals surface area contributed by atoms with E-state index in [4.69, 9.17) is 4.74 Å². The molecule has 0 radical (unpaired) electrons. The van der Waals surface area contributed by atoms with Crippen molar-refractivity contribution in [3.05, 3.63) is 35.4 Å². The lowest BCUT2D eigenvalue weighted by atomic mass is 9.72. The third kappa shape index (κ3) is 0.902. The quantitative estimate of drug-likeness (QED) is 0.598. The van der Waals surface area contributed by atoms with Crippen LogP contribution in [0.15, 0.2) is 24.3 Å². The Bertz CT molecular complexity index is 478. The molecule has 2 unspecified atom stereocenters. The highest BCUT2D eigenvalue weighted by Gasteiger charge is 2.54. The van der Waals surface area contributed by atoms with Crippen LogP contribution in [0.5, 0.6) is 0 Å². The summed E-state index contributed by atoms with van der Waals surface area (Å²) in [5.41, 5.74) is 0.839. The summed E-state index contributed by atoms with van der Waals surface area (Å²) in [6.07, 6.45) is -0.0702. The molecule has 1 aliphatic carbocycles. The lowest BCUT2D eigenvalue weighted by Crippen LogP contribution is -2.34. The van der Waals surface area contributed by atoms with Gasteiger partial charge in [0.15, 0.2) is 6.10 Å². The molecule has 3 heteroatoms.